The lowest BCUT2D eigenvalue weighted by molar-refractivity contribution is -0.148. The van der Waals surface area contributed by atoms with E-state index in [1.165, 1.54) is 0 Å². The van der Waals surface area contributed by atoms with Crippen molar-refractivity contribution in [1.29, 1.82) is 0 Å². The molecule has 0 radical (unpaired) electrons. The fraction of sp³-hybridized carbons (Fsp3) is 0.333. The molecule has 0 aliphatic rings. The summed E-state index contributed by atoms with van der Waals surface area (Å²) in [5, 5.41) is 32.3. The largest absolute Gasteiger partial charge is 0.512 e. The molecule has 0 aromatic carbocycles. The van der Waals surface area contributed by atoms with E-state index >= 15 is 0 Å². The highest BCUT2D eigenvalue weighted by atomic mass is 16.5. The second kappa shape index (κ2) is 3.25. The number of hydrogen-bond donors (Lipinski definition) is 5. The molecule has 0 heterocycles. The maximum Gasteiger partial charge on any atom is 0.284 e. The number of hydrogen-bond acceptors (Lipinski definition) is 5. The van der Waals surface area contributed by atoms with Crippen LogP contribution in [-0.2, 0) is 0 Å². The Kier molecular flexibility index (Phi) is 3.99. The Morgan fingerprint density at radius 1 is 1.44 bits per heavy atom. The molecule has 0 fully saturated rings. The molecular weight excluding hydrogens is 130 g/mol. The summed E-state index contributed by atoms with van der Waals surface area (Å²) in [5.41, 5.74) is 4.42. The van der Waals surface area contributed by atoms with E-state index in [1.54, 1.807) is 0 Å². The number of nitrogens with two attached hydrogens (primary N) is 1. The van der Waals surface area contributed by atoms with Gasteiger partial charge < -0.3 is 25.9 Å². The van der Waals surface area contributed by atoms with Crippen LogP contribution in [0.3, 0.4) is 0 Å². The predicted octanol–water partition coefficient (Wildman–Crippen LogP) is -2.28. The quantitative estimate of drug-likeness (QED) is 0.205. The van der Waals surface area contributed by atoms with Gasteiger partial charge in [-0.15, -0.1) is 0 Å². The highest BCUT2D eigenvalue weighted by Crippen LogP contribution is 1.99. The average molecular weight is 139 g/mol. The van der Waals surface area contributed by atoms with E-state index in [0.29, 0.717) is 0 Å². The molecule has 0 unspecified atom stereocenters. The van der Waals surface area contributed by atoms with Gasteiger partial charge in [0.15, 0.2) is 0 Å². The SMILES string of the molecule is NC(O)(O)/C(O)=C/O.O. The zero-order chi connectivity index (χ0) is 6.78. The summed E-state index contributed by atoms with van der Waals surface area (Å²) < 4.78 is 0. The molecule has 0 atom stereocenters. The lowest BCUT2D eigenvalue weighted by Crippen LogP contribution is -2.41. The van der Waals surface area contributed by atoms with Gasteiger partial charge >= 0.3 is 0 Å². The molecule has 0 rings (SSSR count). The van der Waals surface area contributed by atoms with Crippen molar-refractivity contribution in [3.63, 3.8) is 0 Å². The van der Waals surface area contributed by atoms with E-state index in [9.17, 15) is 0 Å². The second-order valence-corrected chi connectivity index (χ2v) is 1.24. The summed E-state index contributed by atoms with van der Waals surface area (Å²) in [6, 6.07) is 0. The van der Waals surface area contributed by atoms with E-state index in [4.69, 9.17) is 20.4 Å². The van der Waals surface area contributed by atoms with Crippen LogP contribution in [0, 0.1) is 0 Å². The van der Waals surface area contributed by atoms with Gasteiger partial charge in [-0.3, -0.25) is 5.73 Å². The average Bonchev–Trinajstić information content (AvgIpc) is 1.62. The molecule has 0 saturated carbocycles. The summed E-state index contributed by atoms with van der Waals surface area (Å²) in [6.07, 6.45) is 0.0972. The van der Waals surface area contributed by atoms with E-state index in [-0.39, 0.29) is 11.7 Å². The molecule has 6 nitrogen and oxygen atoms in total. The predicted molar refractivity (Wildman–Crippen MR) is 28.3 cm³/mol. The minimum absolute atomic E-state index is 0. The normalized spacial score (nSPS) is 12.6. The first-order valence-corrected chi connectivity index (χ1v) is 1.76. The molecule has 0 aromatic heterocycles. The van der Waals surface area contributed by atoms with Crippen molar-refractivity contribution in [3.8, 4) is 0 Å². The molecule has 0 aromatic rings. The van der Waals surface area contributed by atoms with Gasteiger partial charge in [0.1, 0.15) is 6.26 Å². The van der Waals surface area contributed by atoms with Crippen LogP contribution >= 0.6 is 0 Å². The van der Waals surface area contributed by atoms with E-state index in [2.05, 4.69) is 5.73 Å². The Balaban J connectivity index is 0. The van der Waals surface area contributed by atoms with Crippen LogP contribution in [0.4, 0.5) is 0 Å². The summed E-state index contributed by atoms with van der Waals surface area (Å²) in [5.74, 6) is -3.92. The van der Waals surface area contributed by atoms with Gasteiger partial charge in [-0.25, -0.2) is 0 Å². The standard InChI is InChI=1S/C3H7NO4.H2O/c4-3(7,8)2(6)1-5;/h1,5-8H,4H2;1H2/b2-1-;. The molecule has 8 N–H and O–H groups in total. The van der Waals surface area contributed by atoms with Crippen molar-refractivity contribution in [2.45, 2.75) is 5.91 Å². The van der Waals surface area contributed by atoms with Crippen molar-refractivity contribution in [3.05, 3.63) is 12.0 Å². The van der Waals surface area contributed by atoms with Crippen LogP contribution in [-0.4, -0.2) is 31.8 Å². The Bertz CT molecular complexity index is 103. The van der Waals surface area contributed by atoms with E-state index in [1.807, 2.05) is 0 Å². The van der Waals surface area contributed by atoms with Crippen LogP contribution in [0.5, 0.6) is 0 Å². The van der Waals surface area contributed by atoms with Crippen LogP contribution in [0.1, 0.15) is 0 Å². The molecular formula is C3H9NO5. The summed E-state index contributed by atoms with van der Waals surface area (Å²) in [7, 11) is 0. The number of aliphatic hydroxyl groups is 4. The smallest absolute Gasteiger partial charge is 0.284 e. The first-order chi connectivity index (χ1) is 3.48. The van der Waals surface area contributed by atoms with Gasteiger partial charge in [0.2, 0.25) is 5.76 Å². The monoisotopic (exact) mass is 139 g/mol. The lowest BCUT2D eigenvalue weighted by Gasteiger charge is -2.11. The van der Waals surface area contributed by atoms with Crippen molar-refractivity contribution < 1.29 is 25.9 Å². The van der Waals surface area contributed by atoms with Crippen LogP contribution < -0.4 is 5.73 Å². The van der Waals surface area contributed by atoms with Crippen molar-refractivity contribution >= 4 is 0 Å². The van der Waals surface area contributed by atoms with E-state index < -0.39 is 11.7 Å². The lowest BCUT2D eigenvalue weighted by atomic mass is 10.4. The van der Waals surface area contributed by atoms with Gasteiger partial charge in [0, 0.05) is 0 Å². The first kappa shape index (κ1) is 11.0. The molecule has 0 saturated heterocycles. The van der Waals surface area contributed by atoms with Crippen LogP contribution in [0.2, 0.25) is 0 Å². The zero-order valence-corrected chi connectivity index (χ0v) is 4.44. The highest BCUT2D eigenvalue weighted by Gasteiger charge is 2.21. The fourth-order valence-electron chi connectivity index (χ4n) is 0.0950. The molecule has 0 bridgehead atoms. The van der Waals surface area contributed by atoms with Gasteiger partial charge in [0.25, 0.3) is 5.91 Å². The topological polar surface area (TPSA) is 138 Å². The molecule has 0 amide bonds. The zero-order valence-electron chi connectivity index (χ0n) is 4.44. The Labute approximate surface area is 50.8 Å². The highest BCUT2D eigenvalue weighted by molar-refractivity contribution is 4.93. The van der Waals surface area contributed by atoms with Crippen LogP contribution in [0.15, 0.2) is 12.0 Å². The van der Waals surface area contributed by atoms with Gasteiger partial charge in [-0.05, 0) is 0 Å². The molecule has 0 spiro atoms. The third-order valence-electron chi connectivity index (χ3n) is 0.499. The Morgan fingerprint density at radius 2 is 1.78 bits per heavy atom. The molecule has 9 heavy (non-hydrogen) atoms. The summed E-state index contributed by atoms with van der Waals surface area (Å²) in [6.45, 7) is 0. The van der Waals surface area contributed by atoms with E-state index in [0.717, 1.165) is 0 Å². The molecule has 0 aliphatic heterocycles. The fourth-order valence-corrected chi connectivity index (χ4v) is 0.0950. The Morgan fingerprint density at radius 3 is 1.78 bits per heavy atom. The Hall–Kier alpha value is -0.820. The summed E-state index contributed by atoms with van der Waals surface area (Å²) >= 11 is 0. The molecule has 56 valence electrons. The van der Waals surface area contributed by atoms with Gasteiger partial charge in [-0.1, -0.05) is 0 Å². The van der Waals surface area contributed by atoms with Gasteiger partial charge in [-0.2, -0.15) is 0 Å². The van der Waals surface area contributed by atoms with Crippen LogP contribution in [0.25, 0.3) is 0 Å². The van der Waals surface area contributed by atoms with Crippen molar-refractivity contribution in [2.75, 3.05) is 0 Å². The third kappa shape index (κ3) is 3.74. The molecule has 0 aliphatic carbocycles. The number of aliphatic hydroxyl groups excluding tert-OH is 2. The minimum Gasteiger partial charge on any atom is -0.512 e. The first-order valence-electron chi connectivity index (χ1n) is 1.76. The minimum atomic E-state index is -2.82. The maximum absolute atomic E-state index is 8.18. The summed E-state index contributed by atoms with van der Waals surface area (Å²) in [4.78, 5) is 0. The molecule has 6 heteroatoms. The van der Waals surface area contributed by atoms with Crippen molar-refractivity contribution in [2.24, 2.45) is 5.73 Å². The second-order valence-electron chi connectivity index (χ2n) is 1.24. The van der Waals surface area contributed by atoms with Crippen molar-refractivity contribution in [1.82, 2.24) is 0 Å². The van der Waals surface area contributed by atoms with Gasteiger partial charge in [0.05, 0.1) is 0 Å². The maximum atomic E-state index is 8.18. The number of rotatable bonds is 1. The third-order valence-corrected chi connectivity index (χ3v) is 0.499.